The molecule has 30 heavy (non-hydrogen) atoms. The van der Waals surface area contributed by atoms with Gasteiger partial charge in [0.1, 0.15) is 17.2 Å². The highest BCUT2D eigenvalue weighted by molar-refractivity contribution is 5.93. The van der Waals surface area contributed by atoms with E-state index in [9.17, 15) is 9.59 Å². The molecule has 11 heteroatoms. The van der Waals surface area contributed by atoms with Crippen molar-refractivity contribution in [2.24, 2.45) is 16.0 Å². The van der Waals surface area contributed by atoms with E-state index in [1.54, 1.807) is 37.3 Å². The molecule has 6 N–H and O–H groups in total. The molecule has 0 aliphatic carbocycles. The number of benzene rings is 1. The van der Waals surface area contributed by atoms with Gasteiger partial charge in [-0.1, -0.05) is 12.1 Å². The molecule has 0 aliphatic heterocycles. The van der Waals surface area contributed by atoms with Crippen LogP contribution in [0.4, 0.5) is 27.8 Å². The summed E-state index contributed by atoms with van der Waals surface area (Å²) in [5, 5.41) is 13.3. The third kappa shape index (κ3) is 7.02. The summed E-state index contributed by atoms with van der Waals surface area (Å²) in [4.78, 5) is 27.2. The van der Waals surface area contributed by atoms with Crippen molar-refractivity contribution in [3.63, 3.8) is 0 Å². The zero-order valence-electron chi connectivity index (χ0n) is 17.0. The predicted molar refractivity (Wildman–Crippen MR) is 112 cm³/mol. The maximum Gasteiger partial charge on any atom is 0.410 e. The Morgan fingerprint density at radius 1 is 1.10 bits per heavy atom. The number of hydrogen-bond donors (Lipinski definition) is 4. The minimum atomic E-state index is -0.677. The van der Waals surface area contributed by atoms with Crippen molar-refractivity contribution in [1.82, 2.24) is 10.3 Å². The summed E-state index contributed by atoms with van der Waals surface area (Å²) >= 11 is 0. The van der Waals surface area contributed by atoms with Crippen LogP contribution < -0.4 is 26.8 Å². The monoisotopic (exact) mass is 415 g/mol. The van der Waals surface area contributed by atoms with Gasteiger partial charge in [-0.25, -0.2) is 9.78 Å². The smallest absolute Gasteiger partial charge is 0.410 e. The molecular weight excluding hydrogens is 390 g/mol. The lowest BCUT2D eigenvalue weighted by atomic mass is 10.3. The highest BCUT2D eigenvalue weighted by Crippen LogP contribution is 2.30. The molecule has 11 nitrogen and oxygen atoms in total. The predicted octanol–water partition coefficient (Wildman–Crippen LogP) is 2.84. The van der Waals surface area contributed by atoms with Crippen LogP contribution in [0.3, 0.4) is 0 Å². The molecule has 2 rings (SSSR count). The van der Waals surface area contributed by atoms with Crippen molar-refractivity contribution in [1.29, 1.82) is 0 Å². The van der Waals surface area contributed by atoms with E-state index in [0.717, 1.165) is 0 Å². The van der Waals surface area contributed by atoms with E-state index in [2.05, 4.69) is 25.8 Å². The van der Waals surface area contributed by atoms with Crippen LogP contribution in [0.1, 0.15) is 20.8 Å². The second kappa shape index (κ2) is 10.7. The Balaban J connectivity index is 2.04. The fourth-order valence-corrected chi connectivity index (χ4v) is 2.06. The molecule has 2 aromatic rings. The van der Waals surface area contributed by atoms with Crippen molar-refractivity contribution in [2.75, 3.05) is 17.8 Å². The van der Waals surface area contributed by atoms with Crippen molar-refractivity contribution in [3.05, 3.63) is 36.4 Å². The number of nitrogen functional groups attached to an aromatic ring is 1. The number of nitrogens with one attached hydrogen (secondary N) is 2. The number of nitrogens with two attached hydrogens (primary N) is 2. The van der Waals surface area contributed by atoms with E-state index >= 15 is 0 Å². The Hall–Kier alpha value is -3.73. The summed E-state index contributed by atoms with van der Waals surface area (Å²) < 4.78 is 10.4. The van der Waals surface area contributed by atoms with Gasteiger partial charge in [0.15, 0.2) is 11.6 Å². The van der Waals surface area contributed by atoms with Crippen LogP contribution in [0.25, 0.3) is 0 Å². The Labute approximate surface area is 173 Å². The van der Waals surface area contributed by atoms with Crippen LogP contribution in [-0.4, -0.2) is 35.9 Å². The minimum absolute atomic E-state index is 0.0453. The molecule has 0 bridgehead atoms. The van der Waals surface area contributed by atoms with Crippen LogP contribution in [0.2, 0.25) is 0 Å². The van der Waals surface area contributed by atoms with Crippen molar-refractivity contribution in [2.45, 2.75) is 32.9 Å². The number of aromatic nitrogens is 1. The number of carbonyl (C=O) groups excluding carboxylic acids is 2. The molecule has 0 radical (unpaired) electrons. The quantitative estimate of drug-likeness (QED) is 0.380. The number of anilines is 2. The molecule has 2 amide bonds. The zero-order chi connectivity index (χ0) is 22.1. The standard InChI is InChI=1S/C19H25N7O4/c1-11(2)22-19(28)30-10-29-15-7-5-4-6-13(15)25-26-14-8-9-16(23-17(14)21)24-18(27)12(3)20/h4-9,11-12H,10,20H2,1-3H3,(H,22,28)(H3,21,23,24,27)/t12-/m0/s1. The van der Waals surface area contributed by atoms with Gasteiger partial charge in [0.05, 0.1) is 6.04 Å². The molecule has 0 spiro atoms. The number of amides is 2. The van der Waals surface area contributed by atoms with Crippen LogP contribution >= 0.6 is 0 Å². The van der Waals surface area contributed by atoms with E-state index in [1.165, 1.54) is 6.07 Å². The van der Waals surface area contributed by atoms with Crippen LogP contribution in [-0.2, 0) is 9.53 Å². The Bertz CT molecular complexity index is 916. The maximum absolute atomic E-state index is 11.6. The van der Waals surface area contributed by atoms with Crippen molar-refractivity contribution >= 4 is 35.0 Å². The minimum Gasteiger partial charge on any atom is -0.455 e. The molecule has 1 heterocycles. The highest BCUT2D eigenvalue weighted by atomic mass is 16.7. The lowest BCUT2D eigenvalue weighted by Gasteiger charge is -2.11. The van der Waals surface area contributed by atoms with Crippen LogP contribution in [0.5, 0.6) is 5.75 Å². The van der Waals surface area contributed by atoms with Crippen molar-refractivity contribution < 1.29 is 19.1 Å². The van der Waals surface area contributed by atoms with E-state index in [-0.39, 0.29) is 30.4 Å². The summed E-state index contributed by atoms with van der Waals surface area (Å²) in [5.41, 5.74) is 12.1. The number of carbonyl (C=O) groups is 2. The largest absolute Gasteiger partial charge is 0.455 e. The second-order valence-electron chi connectivity index (χ2n) is 6.54. The number of alkyl carbamates (subject to hydrolysis) is 1. The number of nitrogens with zero attached hydrogens (tertiary/aromatic N) is 3. The average Bonchev–Trinajstić information content (AvgIpc) is 2.67. The number of pyridine rings is 1. The molecule has 1 aromatic heterocycles. The molecular formula is C19H25N7O4. The number of ether oxygens (including phenoxy) is 2. The van der Waals surface area contributed by atoms with E-state index < -0.39 is 12.1 Å². The lowest BCUT2D eigenvalue weighted by Crippen LogP contribution is -2.32. The van der Waals surface area contributed by atoms with Gasteiger partial charge in [-0.3, -0.25) is 4.79 Å². The molecule has 0 unspecified atom stereocenters. The first-order valence-electron chi connectivity index (χ1n) is 9.16. The van der Waals surface area contributed by atoms with Gasteiger partial charge in [-0.2, -0.15) is 0 Å². The maximum atomic E-state index is 11.6. The highest BCUT2D eigenvalue weighted by Gasteiger charge is 2.10. The summed E-state index contributed by atoms with van der Waals surface area (Å²) in [6.07, 6.45) is -0.584. The molecule has 0 saturated carbocycles. The fourth-order valence-electron chi connectivity index (χ4n) is 2.06. The normalized spacial score (nSPS) is 11.9. The number of para-hydroxylation sites is 1. The van der Waals surface area contributed by atoms with Gasteiger partial charge in [-0.15, -0.1) is 10.2 Å². The Morgan fingerprint density at radius 2 is 1.80 bits per heavy atom. The fraction of sp³-hybridized carbons (Fsp3) is 0.316. The summed E-state index contributed by atoms with van der Waals surface area (Å²) in [7, 11) is 0. The first-order chi connectivity index (χ1) is 14.3. The van der Waals surface area contributed by atoms with Gasteiger partial charge < -0.3 is 31.6 Å². The van der Waals surface area contributed by atoms with E-state index in [0.29, 0.717) is 17.1 Å². The van der Waals surface area contributed by atoms with Gasteiger partial charge in [0.25, 0.3) is 0 Å². The van der Waals surface area contributed by atoms with Crippen LogP contribution in [0.15, 0.2) is 46.6 Å². The summed E-state index contributed by atoms with van der Waals surface area (Å²) in [6.45, 7) is 4.90. The molecule has 160 valence electrons. The summed E-state index contributed by atoms with van der Waals surface area (Å²) in [6, 6.07) is 9.21. The van der Waals surface area contributed by atoms with E-state index in [4.69, 9.17) is 20.9 Å². The number of hydrogen-bond acceptors (Lipinski definition) is 9. The number of rotatable bonds is 8. The molecule has 0 saturated heterocycles. The van der Waals surface area contributed by atoms with Gasteiger partial charge >= 0.3 is 6.09 Å². The van der Waals surface area contributed by atoms with Gasteiger partial charge in [-0.05, 0) is 45.0 Å². The van der Waals surface area contributed by atoms with Crippen molar-refractivity contribution in [3.8, 4) is 5.75 Å². The molecule has 1 atom stereocenters. The third-order valence-corrected chi connectivity index (χ3v) is 3.51. The Kier molecular flexibility index (Phi) is 8.06. The zero-order valence-corrected chi connectivity index (χ0v) is 17.0. The second-order valence-corrected chi connectivity index (χ2v) is 6.54. The van der Waals surface area contributed by atoms with Gasteiger partial charge in [0.2, 0.25) is 12.7 Å². The lowest BCUT2D eigenvalue weighted by molar-refractivity contribution is -0.117. The summed E-state index contributed by atoms with van der Waals surface area (Å²) in [5.74, 6) is 0.320. The average molecular weight is 415 g/mol. The molecule has 1 aromatic carbocycles. The molecule has 0 fully saturated rings. The topological polar surface area (TPSA) is 166 Å². The Morgan fingerprint density at radius 3 is 2.47 bits per heavy atom. The van der Waals surface area contributed by atoms with Crippen LogP contribution in [0, 0.1) is 0 Å². The molecule has 0 aliphatic rings. The number of azo groups is 1. The van der Waals surface area contributed by atoms with E-state index in [1.807, 2.05) is 13.8 Å². The first kappa shape index (κ1) is 22.6. The third-order valence-electron chi connectivity index (χ3n) is 3.51. The van der Waals surface area contributed by atoms with Gasteiger partial charge in [0, 0.05) is 6.04 Å². The SMILES string of the molecule is CC(C)NC(=O)OCOc1ccccc1N=Nc1ccc(NC(=O)[C@H](C)N)nc1N. The first-order valence-corrected chi connectivity index (χ1v) is 9.16.